The number of nitrogens with zero attached hydrogens (tertiary/aromatic N) is 1. The zero-order chi connectivity index (χ0) is 16.8. The molecular weight excluding hydrogens is 290 g/mol. The van der Waals surface area contributed by atoms with Gasteiger partial charge in [-0.3, -0.25) is 9.59 Å². The van der Waals surface area contributed by atoms with Crippen LogP contribution >= 0.6 is 0 Å². The molecule has 1 aliphatic rings. The van der Waals surface area contributed by atoms with Crippen LogP contribution in [0.2, 0.25) is 0 Å². The van der Waals surface area contributed by atoms with E-state index in [1.807, 2.05) is 43.0 Å². The molecule has 0 atom stereocenters. The molecule has 0 aliphatic carbocycles. The molecule has 1 aromatic carbocycles. The number of piperidine rings is 1. The first-order chi connectivity index (χ1) is 11.0. The third-order valence-electron chi connectivity index (χ3n) is 4.31. The van der Waals surface area contributed by atoms with Crippen LogP contribution in [-0.2, 0) is 16.1 Å². The Bertz CT molecular complexity index is 534. The van der Waals surface area contributed by atoms with E-state index in [4.69, 9.17) is 0 Å². The summed E-state index contributed by atoms with van der Waals surface area (Å²) < 4.78 is 0. The lowest BCUT2D eigenvalue weighted by Gasteiger charge is -2.25. The van der Waals surface area contributed by atoms with Gasteiger partial charge in [0.05, 0.1) is 0 Å². The fourth-order valence-corrected chi connectivity index (χ4v) is 2.88. The second-order valence-electron chi connectivity index (χ2n) is 6.45. The van der Waals surface area contributed by atoms with Gasteiger partial charge in [-0.1, -0.05) is 12.1 Å². The molecule has 126 valence electrons. The van der Waals surface area contributed by atoms with E-state index in [0.29, 0.717) is 6.54 Å². The number of anilines is 1. The lowest BCUT2D eigenvalue weighted by Crippen LogP contribution is -2.34. The maximum Gasteiger partial charge on any atom is 0.227 e. The van der Waals surface area contributed by atoms with Crippen molar-refractivity contribution in [1.82, 2.24) is 10.2 Å². The van der Waals surface area contributed by atoms with Gasteiger partial charge in [0.2, 0.25) is 11.8 Å². The van der Waals surface area contributed by atoms with Gasteiger partial charge >= 0.3 is 0 Å². The van der Waals surface area contributed by atoms with Gasteiger partial charge in [-0.2, -0.15) is 0 Å². The van der Waals surface area contributed by atoms with Crippen molar-refractivity contribution in [3.63, 3.8) is 0 Å². The van der Waals surface area contributed by atoms with E-state index in [0.717, 1.165) is 37.2 Å². The monoisotopic (exact) mass is 317 g/mol. The summed E-state index contributed by atoms with van der Waals surface area (Å²) in [5.41, 5.74) is 1.88. The van der Waals surface area contributed by atoms with Crippen LogP contribution in [-0.4, -0.2) is 35.8 Å². The van der Waals surface area contributed by atoms with E-state index >= 15 is 0 Å². The summed E-state index contributed by atoms with van der Waals surface area (Å²) in [5, 5.41) is 6.26. The molecule has 0 saturated carbocycles. The van der Waals surface area contributed by atoms with Gasteiger partial charge in [0.25, 0.3) is 0 Å². The summed E-state index contributed by atoms with van der Waals surface area (Å²) in [6.07, 6.45) is 1.79. The fourth-order valence-electron chi connectivity index (χ4n) is 2.88. The molecule has 1 saturated heterocycles. The third-order valence-corrected chi connectivity index (χ3v) is 4.31. The van der Waals surface area contributed by atoms with Crippen LogP contribution in [0.1, 0.15) is 39.2 Å². The minimum Gasteiger partial charge on any atom is -0.336 e. The molecule has 1 aliphatic heterocycles. The van der Waals surface area contributed by atoms with Gasteiger partial charge in [0, 0.05) is 31.1 Å². The summed E-state index contributed by atoms with van der Waals surface area (Å²) in [4.78, 5) is 25.7. The first-order valence-corrected chi connectivity index (χ1v) is 8.35. The van der Waals surface area contributed by atoms with E-state index in [2.05, 4.69) is 10.6 Å². The Kier molecular flexibility index (Phi) is 6.16. The Hall–Kier alpha value is -1.88. The van der Waals surface area contributed by atoms with Crippen molar-refractivity contribution in [3.05, 3.63) is 29.8 Å². The average Bonchev–Trinajstić information content (AvgIpc) is 2.54. The summed E-state index contributed by atoms with van der Waals surface area (Å²) >= 11 is 0. The number of amides is 2. The molecule has 2 amide bonds. The Morgan fingerprint density at radius 1 is 1.22 bits per heavy atom. The first-order valence-electron chi connectivity index (χ1n) is 8.35. The van der Waals surface area contributed by atoms with Crippen molar-refractivity contribution in [3.8, 4) is 0 Å². The van der Waals surface area contributed by atoms with Gasteiger partial charge in [-0.05, 0) is 57.5 Å². The van der Waals surface area contributed by atoms with Gasteiger partial charge in [0.15, 0.2) is 0 Å². The molecule has 23 heavy (non-hydrogen) atoms. The van der Waals surface area contributed by atoms with Crippen LogP contribution in [0.4, 0.5) is 5.69 Å². The van der Waals surface area contributed by atoms with Gasteiger partial charge in [0.1, 0.15) is 0 Å². The Morgan fingerprint density at radius 2 is 1.83 bits per heavy atom. The average molecular weight is 317 g/mol. The van der Waals surface area contributed by atoms with Gasteiger partial charge < -0.3 is 15.5 Å². The molecule has 1 heterocycles. The number of benzene rings is 1. The smallest absolute Gasteiger partial charge is 0.227 e. The quantitative estimate of drug-likeness (QED) is 0.876. The highest BCUT2D eigenvalue weighted by molar-refractivity contribution is 5.92. The van der Waals surface area contributed by atoms with E-state index in [1.54, 1.807) is 6.92 Å². The number of rotatable bonds is 5. The molecule has 2 N–H and O–H groups in total. The maximum absolute atomic E-state index is 12.2. The van der Waals surface area contributed by atoms with Crippen molar-refractivity contribution in [2.75, 3.05) is 18.4 Å². The van der Waals surface area contributed by atoms with Crippen molar-refractivity contribution < 1.29 is 9.59 Å². The number of hydrogen-bond acceptors (Lipinski definition) is 3. The summed E-state index contributed by atoms with van der Waals surface area (Å²) in [5.74, 6) is 0.278. The second-order valence-corrected chi connectivity index (χ2v) is 6.45. The van der Waals surface area contributed by atoms with Crippen LogP contribution < -0.4 is 10.6 Å². The van der Waals surface area contributed by atoms with Crippen molar-refractivity contribution in [2.45, 2.75) is 46.2 Å². The minimum atomic E-state index is 0.0725. The Balaban J connectivity index is 1.93. The normalized spacial score (nSPS) is 15.5. The van der Waals surface area contributed by atoms with E-state index in [9.17, 15) is 9.59 Å². The Morgan fingerprint density at radius 3 is 2.35 bits per heavy atom. The van der Waals surface area contributed by atoms with Crippen molar-refractivity contribution >= 4 is 17.5 Å². The third kappa shape index (κ3) is 5.06. The SMILES string of the molecule is CC(=O)N(Cc1ccc(NC(=O)C2CCNCC2)cc1)C(C)C. The van der Waals surface area contributed by atoms with Crippen LogP contribution in [0.5, 0.6) is 0 Å². The van der Waals surface area contributed by atoms with Crippen LogP contribution in [0, 0.1) is 5.92 Å². The number of nitrogens with one attached hydrogen (secondary N) is 2. The zero-order valence-corrected chi connectivity index (χ0v) is 14.3. The van der Waals surface area contributed by atoms with Crippen molar-refractivity contribution in [2.24, 2.45) is 5.92 Å². The molecule has 5 nitrogen and oxygen atoms in total. The lowest BCUT2D eigenvalue weighted by molar-refractivity contribution is -0.131. The van der Waals surface area contributed by atoms with Crippen molar-refractivity contribution in [1.29, 1.82) is 0 Å². The molecule has 0 radical (unpaired) electrons. The molecule has 0 spiro atoms. The van der Waals surface area contributed by atoms with Crippen LogP contribution in [0.3, 0.4) is 0 Å². The topological polar surface area (TPSA) is 61.4 Å². The second kappa shape index (κ2) is 8.11. The minimum absolute atomic E-state index is 0.0725. The maximum atomic E-state index is 12.2. The number of hydrogen-bond donors (Lipinski definition) is 2. The molecule has 0 unspecified atom stereocenters. The van der Waals surface area contributed by atoms with E-state index in [-0.39, 0.29) is 23.8 Å². The van der Waals surface area contributed by atoms with Crippen LogP contribution in [0.15, 0.2) is 24.3 Å². The molecule has 2 rings (SSSR count). The predicted octanol–water partition coefficient (Wildman–Crippen LogP) is 2.38. The first kappa shape index (κ1) is 17.5. The van der Waals surface area contributed by atoms with Crippen LogP contribution in [0.25, 0.3) is 0 Å². The summed E-state index contributed by atoms with van der Waals surface area (Å²) in [7, 11) is 0. The zero-order valence-electron chi connectivity index (χ0n) is 14.3. The number of carbonyl (C=O) groups is 2. The molecule has 1 fully saturated rings. The molecule has 0 bridgehead atoms. The van der Waals surface area contributed by atoms with E-state index < -0.39 is 0 Å². The molecular formula is C18H27N3O2. The molecule has 1 aromatic rings. The number of carbonyl (C=O) groups excluding carboxylic acids is 2. The van der Waals surface area contributed by atoms with E-state index in [1.165, 1.54) is 0 Å². The van der Waals surface area contributed by atoms with Gasteiger partial charge in [-0.25, -0.2) is 0 Å². The standard InChI is InChI=1S/C18H27N3O2/c1-13(2)21(14(3)22)12-15-4-6-17(7-5-15)20-18(23)16-8-10-19-11-9-16/h4-7,13,16,19H,8-12H2,1-3H3,(H,20,23). The largest absolute Gasteiger partial charge is 0.336 e. The summed E-state index contributed by atoms with van der Waals surface area (Å²) in [6, 6.07) is 7.93. The fraction of sp³-hybridized carbons (Fsp3) is 0.556. The lowest BCUT2D eigenvalue weighted by atomic mass is 9.97. The summed E-state index contributed by atoms with van der Waals surface area (Å²) in [6.45, 7) is 8.02. The highest BCUT2D eigenvalue weighted by Crippen LogP contribution is 2.17. The molecule has 0 aromatic heterocycles. The predicted molar refractivity (Wildman–Crippen MR) is 92.0 cm³/mol. The molecule has 5 heteroatoms. The Labute approximate surface area is 138 Å². The highest BCUT2D eigenvalue weighted by atomic mass is 16.2. The highest BCUT2D eigenvalue weighted by Gasteiger charge is 2.20. The van der Waals surface area contributed by atoms with Gasteiger partial charge in [-0.15, -0.1) is 0 Å².